The van der Waals surface area contributed by atoms with Crippen LogP contribution in [0.1, 0.15) is 36.2 Å². The van der Waals surface area contributed by atoms with Crippen molar-refractivity contribution in [3.05, 3.63) is 52.3 Å². The summed E-state index contributed by atoms with van der Waals surface area (Å²) in [5.41, 5.74) is 2.53. The molecule has 1 aromatic carbocycles. The maximum atomic E-state index is 11.5. The monoisotopic (exact) mass is 306 g/mol. The van der Waals surface area contributed by atoms with Gasteiger partial charge in [-0.3, -0.25) is 9.48 Å². The van der Waals surface area contributed by atoms with Gasteiger partial charge in [0.2, 0.25) is 0 Å². The van der Waals surface area contributed by atoms with Gasteiger partial charge in [0.25, 0.3) is 0 Å². The van der Waals surface area contributed by atoms with Crippen LogP contribution in [0.15, 0.2) is 30.3 Å². The number of hydrogen-bond donors (Lipinski definition) is 1. The lowest BCUT2D eigenvalue weighted by Gasteiger charge is -2.13. The average Bonchev–Trinajstić information content (AvgIpc) is 2.75. The Morgan fingerprint density at radius 1 is 1.38 bits per heavy atom. The molecule has 0 radical (unpaired) electrons. The number of benzene rings is 1. The first-order valence-electron chi connectivity index (χ1n) is 7.04. The Bertz CT molecular complexity index is 623. The normalized spacial score (nSPS) is 12.3. The summed E-state index contributed by atoms with van der Waals surface area (Å²) in [7, 11) is 0. The van der Waals surface area contributed by atoms with Gasteiger partial charge in [0, 0.05) is 6.54 Å². The molecule has 1 N–H and O–H groups in total. The zero-order chi connectivity index (χ0) is 15.4. The molecule has 0 saturated heterocycles. The summed E-state index contributed by atoms with van der Waals surface area (Å²) in [5, 5.41) is 14.5. The van der Waals surface area contributed by atoms with Gasteiger partial charge in [-0.15, -0.1) is 0 Å². The SMILES string of the molecule is CCn1nc(C)c(Cl)c1CCC(C(=O)O)c1ccccc1. The van der Waals surface area contributed by atoms with Crippen molar-refractivity contribution >= 4 is 17.6 Å². The van der Waals surface area contributed by atoms with Crippen LogP contribution < -0.4 is 0 Å². The van der Waals surface area contributed by atoms with E-state index >= 15 is 0 Å². The molecule has 0 aliphatic carbocycles. The Kier molecular flexibility index (Phi) is 5.02. The molecule has 0 bridgehead atoms. The first-order valence-corrected chi connectivity index (χ1v) is 7.42. The third kappa shape index (κ3) is 3.45. The minimum absolute atomic E-state index is 0.504. The first kappa shape index (κ1) is 15.6. The molecule has 0 fully saturated rings. The molecule has 1 atom stereocenters. The standard InChI is InChI=1S/C16H19ClN2O2/c1-3-19-14(15(17)11(2)18-19)10-9-13(16(20)21)12-7-5-4-6-8-12/h4-8,13H,3,9-10H2,1-2H3,(H,20,21). The number of carboxylic acid groups (broad SMARTS) is 1. The zero-order valence-corrected chi connectivity index (χ0v) is 13.0. The van der Waals surface area contributed by atoms with Crippen molar-refractivity contribution < 1.29 is 9.90 Å². The van der Waals surface area contributed by atoms with Crippen molar-refractivity contribution in [3.8, 4) is 0 Å². The van der Waals surface area contributed by atoms with Crippen molar-refractivity contribution in [3.63, 3.8) is 0 Å². The van der Waals surface area contributed by atoms with Crippen molar-refractivity contribution in [2.45, 2.75) is 39.2 Å². The van der Waals surface area contributed by atoms with Gasteiger partial charge < -0.3 is 5.11 Å². The Morgan fingerprint density at radius 2 is 2.05 bits per heavy atom. The number of hydrogen-bond acceptors (Lipinski definition) is 2. The summed E-state index contributed by atoms with van der Waals surface area (Å²) in [5.74, 6) is -1.33. The molecule has 2 aromatic rings. The summed E-state index contributed by atoms with van der Waals surface area (Å²) in [6.45, 7) is 4.59. The van der Waals surface area contributed by atoms with Crippen molar-refractivity contribution in [1.29, 1.82) is 0 Å². The van der Waals surface area contributed by atoms with E-state index in [1.807, 2.05) is 48.9 Å². The molecular weight excluding hydrogens is 288 g/mol. The molecule has 1 unspecified atom stereocenters. The largest absolute Gasteiger partial charge is 0.481 e. The Balaban J connectivity index is 2.19. The molecule has 0 aliphatic heterocycles. The molecule has 112 valence electrons. The van der Waals surface area contributed by atoms with E-state index in [-0.39, 0.29) is 0 Å². The van der Waals surface area contributed by atoms with E-state index < -0.39 is 11.9 Å². The van der Waals surface area contributed by atoms with E-state index in [2.05, 4.69) is 5.10 Å². The molecule has 1 aromatic heterocycles. The van der Waals surface area contributed by atoms with Crippen LogP contribution in [-0.4, -0.2) is 20.9 Å². The van der Waals surface area contributed by atoms with E-state index in [4.69, 9.17) is 11.6 Å². The highest BCUT2D eigenvalue weighted by molar-refractivity contribution is 6.31. The second kappa shape index (κ2) is 6.76. The van der Waals surface area contributed by atoms with Crippen LogP contribution in [0.2, 0.25) is 5.02 Å². The molecule has 2 rings (SSSR count). The second-order valence-electron chi connectivity index (χ2n) is 5.00. The molecule has 0 spiro atoms. The van der Waals surface area contributed by atoms with E-state index in [9.17, 15) is 9.90 Å². The van der Waals surface area contributed by atoms with E-state index in [0.717, 1.165) is 23.5 Å². The van der Waals surface area contributed by atoms with Gasteiger partial charge >= 0.3 is 5.97 Å². The summed E-state index contributed by atoms with van der Waals surface area (Å²) < 4.78 is 1.85. The number of rotatable bonds is 6. The van der Waals surface area contributed by atoms with Crippen LogP contribution >= 0.6 is 11.6 Å². The Hall–Kier alpha value is -1.81. The number of aryl methyl sites for hydroxylation is 2. The second-order valence-corrected chi connectivity index (χ2v) is 5.38. The smallest absolute Gasteiger partial charge is 0.310 e. The maximum absolute atomic E-state index is 11.5. The van der Waals surface area contributed by atoms with Crippen LogP contribution in [0.3, 0.4) is 0 Å². The van der Waals surface area contributed by atoms with Gasteiger partial charge in [-0.25, -0.2) is 0 Å². The van der Waals surface area contributed by atoms with Crippen LogP contribution in [0, 0.1) is 6.92 Å². The summed E-state index contributed by atoms with van der Waals surface area (Å²) in [6, 6.07) is 9.30. The highest BCUT2D eigenvalue weighted by Crippen LogP contribution is 2.26. The van der Waals surface area contributed by atoms with Gasteiger partial charge in [-0.05, 0) is 32.3 Å². The van der Waals surface area contributed by atoms with Crippen LogP contribution in [0.25, 0.3) is 0 Å². The van der Waals surface area contributed by atoms with Gasteiger partial charge in [0.05, 0.1) is 22.3 Å². The minimum atomic E-state index is -0.809. The van der Waals surface area contributed by atoms with Gasteiger partial charge in [0.15, 0.2) is 0 Å². The molecule has 1 heterocycles. The third-order valence-corrected chi connectivity index (χ3v) is 4.11. The molecule has 21 heavy (non-hydrogen) atoms. The minimum Gasteiger partial charge on any atom is -0.481 e. The predicted molar refractivity (Wildman–Crippen MR) is 82.8 cm³/mol. The summed E-state index contributed by atoms with van der Waals surface area (Å²) in [6.07, 6.45) is 1.10. The van der Waals surface area contributed by atoms with Gasteiger partial charge in [0.1, 0.15) is 0 Å². The lowest BCUT2D eigenvalue weighted by atomic mass is 9.93. The van der Waals surface area contributed by atoms with Crippen LogP contribution in [-0.2, 0) is 17.8 Å². The topological polar surface area (TPSA) is 55.1 Å². The van der Waals surface area contributed by atoms with Crippen molar-refractivity contribution in [2.24, 2.45) is 0 Å². The fourth-order valence-corrected chi connectivity index (χ4v) is 2.74. The predicted octanol–water partition coefficient (Wildman–Crippen LogP) is 3.67. The summed E-state index contributed by atoms with van der Waals surface area (Å²) in [4.78, 5) is 11.5. The Morgan fingerprint density at radius 3 is 2.62 bits per heavy atom. The third-order valence-electron chi connectivity index (χ3n) is 3.62. The van der Waals surface area contributed by atoms with Gasteiger partial charge in [-0.2, -0.15) is 5.10 Å². The highest BCUT2D eigenvalue weighted by atomic mass is 35.5. The number of nitrogens with zero attached hydrogens (tertiary/aromatic N) is 2. The number of halogens is 1. The van der Waals surface area contributed by atoms with Crippen LogP contribution in [0.4, 0.5) is 0 Å². The average molecular weight is 307 g/mol. The van der Waals surface area contributed by atoms with Crippen molar-refractivity contribution in [2.75, 3.05) is 0 Å². The van der Waals surface area contributed by atoms with E-state index in [1.165, 1.54) is 0 Å². The molecule has 0 saturated carbocycles. The number of carboxylic acids is 1. The van der Waals surface area contributed by atoms with Gasteiger partial charge in [-0.1, -0.05) is 41.9 Å². The number of aromatic nitrogens is 2. The number of carbonyl (C=O) groups is 1. The zero-order valence-electron chi connectivity index (χ0n) is 12.2. The molecule has 4 nitrogen and oxygen atoms in total. The lowest BCUT2D eigenvalue weighted by molar-refractivity contribution is -0.138. The Labute approximate surface area is 129 Å². The number of aliphatic carboxylic acids is 1. The molecular formula is C16H19ClN2O2. The fraction of sp³-hybridized carbons (Fsp3) is 0.375. The highest BCUT2D eigenvalue weighted by Gasteiger charge is 2.21. The fourth-order valence-electron chi connectivity index (χ4n) is 2.51. The maximum Gasteiger partial charge on any atom is 0.310 e. The molecule has 5 heteroatoms. The van der Waals surface area contributed by atoms with E-state index in [0.29, 0.717) is 17.9 Å². The van der Waals surface area contributed by atoms with Crippen LogP contribution in [0.5, 0.6) is 0 Å². The van der Waals surface area contributed by atoms with Crippen molar-refractivity contribution in [1.82, 2.24) is 9.78 Å². The quantitative estimate of drug-likeness (QED) is 0.886. The lowest BCUT2D eigenvalue weighted by Crippen LogP contribution is -2.14. The summed E-state index contributed by atoms with van der Waals surface area (Å²) >= 11 is 6.27. The van der Waals surface area contributed by atoms with E-state index in [1.54, 1.807) is 0 Å². The molecule has 0 aliphatic rings. The first-order chi connectivity index (χ1) is 10.0. The molecule has 0 amide bonds.